The first kappa shape index (κ1) is 20.9. The second-order valence-electron chi connectivity index (χ2n) is 6.20. The Morgan fingerprint density at radius 3 is 2.28 bits per heavy atom. The van der Waals surface area contributed by atoms with Crippen molar-refractivity contribution in [2.75, 3.05) is 42.0 Å². The van der Waals surface area contributed by atoms with Crippen LogP contribution >= 0.6 is 0 Å². The minimum Gasteiger partial charge on any atom is -0.493 e. The number of carbonyl (C=O) groups excluding carboxylic acids is 1. The summed E-state index contributed by atoms with van der Waals surface area (Å²) < 4.78 is 38.0. The Morgan fingerprint density at radius 2 is 1.62 bits per heavy atom. The number of Topliss-reactive ketones (excluding diaryl/α,β-unsaturated/α-hetero) is 1. The van der Waals surface area contributed by atoms with Crippen molar-refractivity contribution in [3.8, 4) is 23.0 Å². The van der Waals surface area contributed by atoms with Gasteiger partial charge in [-0.25, -0.2) is 0 Å². The molecule has 0 spiro atoms. The standard InChI is InChI=1S/C21H24O8/c1-23-11-27-15-6-5-7-16-18(15)19(22)21(26-4)20(29-16)13-8-9-14(25-3)17(10-13)28-12-24-2/h5-10,20-21H,11-12H2,1-4H3/t20-,21+/m0/s1. The number of rotatable bonds is 9. The molecule has 0 radical (unpaired) electrons. The van der Waals surface area contributed by atoms with Crippen LogP contribution in [-0.4, -0.2) is 53.9 Å². The number of ketones is 1. The zero-order chi connectivity index (χ0) is 20.8. The first-order valence-corrected chi connectivity index (χ1v) is 8.92. The molecule has 0 bridgehead atoms. The van der Waals surface area contributed by atoms with Gasteiger partial charge in [-0.2, -0.15) is 0 Å². The van der Waals surface area contributed by atoms with Crippen LogP contribution in [0.25, 0.3) is 0 Å². The Bertz CT molecular complexity index is 851. The van der Waals surface area contributed by atoms with Crippen LogP contribution in [0.3, 0.4) is 0 Å². The van der Waals surface area contributed by atoms with Crippen molar-refractivity contribution in [2.24, 2.45) is 0 Å². The molecule has 0 aromatic heterocycles. The third kappa shape index (κ3) is 4.29. The molecule has 8 nitrogen and oxygen atoms in total. The number of ether oxygens (including phenoxy) is 7. The Morgan fingerprint density at radius 1 is 0.897 bits per heavy atom. The van der Waals surface area contributed by atoms with Crippen LogP contribution in [0.1, 0.15) is 22.0 Å². The predicted octanol–water partition coefficient (Wildman–Crippen LogP) is 2.99. The summed E-state index contributed by atoms with van der Waals surface area (Å²) in [6.45, 7) is 0.0739. The number of benzene rings is 2. The van der Waals surface area contributed by atoms with E-state index in [1.807, 2.05) is 0 Å². The number of hydrogen-bond donors (Lipinski definition) is 0. The average molecular weight is 404 g/mol. The van der Waals surface area contributed by atoms with Crippen molar-refractivity contribution >= 4 is 5.78 Å². The van der Waals surface area contributed by atoms with Crippen molar-refractivity contribution in [1.29, 1.82) is 0 Å². The molecule has 1 heterocycles. The molecule has 0 fully saturated rings. The van der Waals surface area contributed by atoms with Crippen molar-refractivity contribution in [2.45, 2.75) is 12.2 Å². The van der Waals surface area contributed by atoms with Crippen LogP contribution in [-0.2, 0) is 14.2 Å². The first-order chi connectivity index (χ1) is 14.1. The van der Waals surface area contributed by atoms with Crippen molar-refractivity contribution in [3.05, 3.63) is 47.5 Å². The average Bonchev–Trinajstić information content (AvgIpc) is 2.75. The minimum atomic E-state index is -0.863. The van der Waals surface area contributed by atoms with E-state index in [-0.39, 0.29) is 19.4 Å². The summed E-state index contributed by atoms with van der Waals surface area (Å²) in [5, 5.41) is 0. The molecule has 1 aliphatic heterocycles. The summed E-state index contributed by atoms with van der Waals surface area (Å²) in [6.07, 6.45) is -1.54. The van der Waals surface area contributed by atoms with Gasteiger partial charge in [0.05, 0.1) is 7.11 Å². The van der Waals surface area contributed by atoms with E-state index in [1.54, 1.807) is 43.5 Å². The maximum Gasteiger partial charge on any atom is 0.203 e. The van der Waals surface area contributed by atoms with Gasteiger partial charge in [-0.3, -0.25) is 4.79 Å². The highest BCUT2D eigenvalue weighted by atomic mass is 16.7. The fraction of sp³-hybridized carbons (Fsp3) is 0.381. The van der Waals surface area contributed by atoms with Gasteiger partial charge in [0.1, 0.15) is 17.1 Å². The van der Waals surface area contributed by atoms with E-state index >= 15 is 0 Å². The van der Waals surface area contributed by atoms with Crippen molar-refractivity contribution in [1.82, 2.24) is 0 Å². The van der Waals surface area contributed by atoms with Gasteiger partial charge in [-0.1, -0.05) is 12.1 Å². The van der Waals surface area contributed by atoms with E-state index in [9.17, 15) is 4.79 Å². The SMILES string of the molecule is COCOc1cc([C@@H]2Oc3cccc(OCOC)c3C(=O)[C@H]2OC)ccc1OC. The lowest BCUT2D eigenvalue weighted by atomic mass is 9.92. The molecule has 0 saturated heterocycles. The van der Waals surface area contributed by atoms with E-state index in [4.69, 9.17) is 33.2 Å². The molecule has 2 aromatic carbocycles. The smallest absolute Gasteiger partial charge is 0.203 e. The molecule has 0 aliphatic carbocycles. The van der Waals surface area contributed by atoms with Gasteiger partial charge >= 0.3 is 0 Å². The summed E-state index contributed by atoms with van der Waals surface area (Å²) in [4.78, 5) is 13.2. The third-order valence-electron chi connectivity index (χ3n) is 4.46. The van der Waals surface area contributed by atoms with Crippen molar-refractivity contribution in [3.63, 3.8) is 0 Å². The van der Waals surface area contributed by atoms with Gasteiger partial charge in [-0.15, -0.1) is 0 Å². The summed E-state index contributed by atoms with van der Waals surface area (Å²) in [6, 6.07) is 10.5. The van der Waals surface area contributed by atoms with Gasteiger partial charge in [-0.05, 0) is 29.8 Å². The zero-order valence-corrected chi connectivity index (χ0v) is 16.8. The molecule has 0 saturated carbocycles. The fourth-order valence-corrected chi connectivity index (χ4v) is 3.15. The van der Waals surface area contributed by atoms with E-state index < -0.39 is 12.2 Å². The second kappa shape index (κ2) is 9.60. The fourth-order valence-electron chi connectivity index (χ4n) is 3.15. The highest BCUT2D eigenvalue weighted by Crippen LogP contribution is 2.42. The van der Waals surface area contributed by atoms with Gasteiger partial charge in [0.15, 0.2) is 37.3 Å². The Hall–Kier alpha value is -2.81. The normalized spacial score (nSPS) is 18.0. The predicted molar refractivity (Wildman–Crippen MR) is 103 cm³/mol. The van der Waals surface area contributed by atoms with Crippen LogP contribution in [0.4, 0.5) is 0 Å². The summed E-state index contributed by atoms with van der Waals surface area (Å²) in [5.41, 5.74) is 1.03. The highest BCUT2D eigenvalue weighted by Gasteiger charge is 2.40. The first-order valence-electron chi connectivity index (χ1n) is 8.92. The molecular weight excluding hydrogens is 380 g/mol. The lowest BCUT2D eigenvalue weighted by Crippen LogP contribution is -2.38. The quantitative estimate of drug-likeness (QED) is 0.590. The van der Waals surface area contributed by atoms with Gasteiger partial charge in [0.2, 0.25) is 5.78 Å². The lowest BCUT2D eigenvalue weighted by molar-refractivity contribution is -0.00256. The Balaban J connectivity index is 1.98. The second-order valence-corrected chi connectivity index (χ2v) is 6.20. The Labute approximate surface area is 169 Å². The van der Waals surface area contributed by atoms with Crippen LogP contribution in [0, 0.1) is 0 Å². The van der Waals surface area contributed by atoms with Gasteiger partial charge in [0.25, 0.3) is 0 Å². The van der Waals surface area contributed by atoms with Gasteiger partial charge < -0.3 is 33.2 Å². The van der Waals surface area contributed by atoms with E-state index in [2.05, 4.69) is 0 Å². The molecular formula is C21H24O8. The van der Waals surface area contributed by atoms with Crippen molar-refractivity contribution < 1.29 is 38.0 Å². The molecule has 0 amide bonds. The number of carbonyl (C=O) groups is 1. The molecule has 2 atom stereocenters. The molecule has 2 aromatic rings. The summed E-state index contributed by atoms with van der Waals surface area (Å²) >= 11 is 0. The maximum absolute atomic E-state index is 13.2. The number of methoxy groups -OCH3 is 4. The molecule has 0 unspecified atom stereocenters. The van der Waals surface area contributed by atoms with E-state index in [1.165, 1.54) is 21.3 Å². The molecule has 3 rings (SSSR count). The number of hydrogen-bond acceptors (Lipinski definition) is 8. The molecule has 8 heteroatoms. The number of fused-ring (bicyclic) bond motifs is 1. The topological polar surface area (TPSA) is 81.7 Å². The van der Waals surface area contributed by atoms with Crippen LogP contribution in [0.15, 0.2) is 36.4 Å². The third-order valence-corrected chi connectivity index (χ3v) is 4.46. The highest BCUT2D eigenvalue weighted by molar-refractivity contribution is 6.05. The zero-order valence-electron chi connectivity index (χ0n) is 16.8. The molecule has 29 heavy (non-hydrogen) atoms. The van der Waals surface area contributed by atoms with E-state index in [0.29, 0.717) is 34.1 Å². The van der Waals surface area contributed by atoms with Crippen LogP contribution in [0.5, 0.6) is 23.0 Å². The summed E-state index contributed by atoms with van der Waals surface area (Å²) in [5.74, 6) is 1.57. The monoisotopic (exact) mass is 404 g/mol. The lowest BCUT2D eigenvalue weighted by Gasteiger charge is -2.32. The van der Waals surface area contributed by atoms with Gasteiger partial charge in [0, 0.05) is 21.3 Å². The molecule has 1 aliphatic rings. The minimum absolute atomic E-state index is 0.0174. The molecule has 0 N–H and O–H groups in total. The summed E-state index contributed by atoms with van der Waals surface area (Å²) in [7, 11) is 6.05. The van der Waals surface area contributed by atoms with Crippen LogP contribution in [0.2, 0.25) is 0 Å². The molecule has 156 valence electrons. The Kier molecular flexibility index (Phi) is 6.92. The maximum atomic E-state index is 13.2. The van der Waals surface area contributed by atoms with E-state index in [0.717, 1.165) is 0 Å². The largest absolute Gasteiger partial charge is 0.493 e. The van der Waals surface area contributed by atoms with Crippen LogP contribution < -0.4 is 18.9 Å².